The molecule has 2 rings (SSSR count). The minimum absolute atomic E-state index is 0.486. The predicted molar refractivity (Wildman–Crippen MR) is 80.3 cm³/mol. The van der Waals surface area contributed by atoms with Crippen LogP contribution in [0.25, 0.3) is 0 Å². The normalized spacial score (nSPS) is 10.7. The largest absolute Gasteiger partial charge is 0.493 e. The van der Waals surface area contributed by atoms with E-state index in [-0.39, 0.29) is 0 Å². The average molecular weight is 270 g/mol. The van der Waals surface area contributed by atoms with Gasteiger partial charge in [0.2, 0.25) is 0 Å². The standard InChI is InChI=1S/C16H18N2O2/c1-12-8-15(19-2)16(9-14(12)10-18-17)20-11-13-6-4-3-5-7-13/h3-10H,11,17H2,1-2H3. The van der Waals surface area contributed by atoms with Crippen molar-refractivity contribution in [3.8, 4) is 11.5 Å². The summed E-state index contributed by atoms with van der Waals surface area (Å²) in [6.07, 6.45) is 1.60. The third-order valence-corrected chi connectivity index (χ3v) is 3.00. The third-order valence-electron chi connectivity index (χ3n) is 3.00. The molecule has 0 saturated heterocycles. The zero-order chi connectivity index (χ0) is 14.4. The van der Waals surface area contributed by atoms with Crippen molar-refractivity contribution in [1.82, 2.24) is 0 Å². The summed E-state index contributed by atoms with van der Waals surface area (Å²) in [5.74, 6) is 6.59. The number of hydrogen-bond acceptors (Lipinski definition) is 4. The summed E-state index contributed by atoms with van der Waals surface area (Å²) in [4.78, 5) is 0. The van der Waals surface area contributed by atoms with Crippen molar-refractivity contribution >= 4 is 6.21 Å². The van der Waals surface area contributed by atoms with E-state index in [1.165, 1.54) is 0 Å². The average Bonchev–Trinajstić information content (AvgIpc) is 2.48. The van der Waals surface area contributed by atoms with E-state index in [0.29, 0.717) is 18.1 Å². The van der Waals surface area contributed by atoms with Crippen molar-refractivity contribution < 1.29 is 9.47 Å². The zero-order valence-electron chi connectivity index (χ0n) is 11.7. The lowest BCUT2D eigenvalue weighted by molar-refractivity contribution is 0.284. The molecule has 0 aliphatic heterocycles. The number of methoxy groups -OCH3 is 1. The van der Waals surface area contributed by atoms with Gasteiger partial charge in [0.15, 0.2) is 11.5 Å². The van der Waals surface area contributed by atoms with Crippen molar-refractivity contribution in [2.45, 2.75) is 13.5 Å². The number of hydrazone groups is 1. The van der Waals surface area contributed by atoms with Gasteiger partial charge in [-0.3, -0.25) is 0 Å². The molecule has 0 fully saturated rings. The molecule has 0 amide bonds. The smallest absolute Gasteiger partial charge is 0.162 e. The molecule has 0 aliphatic rings. The molecule has 2 N–H and O–H groups in total. The molecule has 20 heavy (non-hydrogen) atoms. The Morgan fingerprint density at radius 2 is 1.90 bits per heavy atom. The Bertz CT molecular complexity index is 595. The van der Waals surface area contributed by atoms with E-state index in [1.54, 1.807) is 13.3 Å². The summed E-state index contributed by atoms with van der Waals surface area (Å²) in [5, 5.41) is 3.56. The number of rotatable bonds is 5. The van der Waals surface area contributed by atoms with E-state index in [2.05, 4.69) is 5.10 Å². The highest BCUT2D eigenvalue weighted by Gasteiger charge is 2.08. The number of benzene rings is 2. The van der Waals surface area contributed by atoms with Gasteiger partial charge in [0.05, 0.1) is 13.3 Å². The molecule has 0 saturated carbocycles. The molecule has 0 bridgehead atoms. The summed E-state index contributed by atoms with van der Waals surface area (Å²) in [7, 11) is 1.63. The highest BCUT2D eigenvalue weighted by atomic mass is 16.5. The lowest BCUT2D eigenvalue weighted by Gasteiger charge is -2.13. The van der Waals surface area contributed by atoms with Crippen LogP contribution in [-0.2, 0) is 6.61 Å². The molecule has 2 aromatic carbocycles. The van der Waals surface area contributed by atoms with Gasteiger partial charge in [-0.05, 0) is 30.2 Å². The first-order valence-electron chi connectivity index (χ1n) is 6.33. The Morgan fingerprint density at radius 1 is 1.15 bits per heavy atom. The Labute approximate surface area is 118 Å². The summed E-state index contributed by atoms with van der Waals surface area (Å²) in [6.45, 7) is 2.46. The minimum atomic E-state index is 0.486. The van der Waals surface area contributed by atoms with Crippen LogP contribution in [-0.4, -0.2) is 13.3 Å². The van der Waals surface area contributed by atoms with Gasteiger partial charge < -0.3 is 15.3 Å². The first-order chi connectivity index (χ1) is 9.74. The monoisotopic (exact) mass is 270 g/mol. The van der Waals surface area contributed by atoms with Crippen LogP contribution in [0.2, 0.25) is 0 Å². The van der Waals surface area contributed by atoms with Crippen molar-refractivity contribution in [2.75, 3.05) is 7.11 Å². The van der Waals surface area contributed by atoms with E-state index in [4.69, 9.17) is 15.3 Å². The summed E-state index contributed by atoms with van der Waals surface area (Å²) < 4.78 is 11.2. The Kier molecular flexibility index (Phi) is 4.60. The molecule has 0 radical (unpaired) electrons. The summed E-state index contributed by atoms with van der Waals surface area (Å²) >= 11 is 0. The second-order valence-electron chi connectivity index (χ2n) is 4.41. The van der Waals surface area contributed by atoms with Crippen LogP contribution in [0.1, 0.15) is 16.7 Å². The molecule has 0 heterocycles. The van der Waals surface area contributed by atoms with Crippen molar-refractivity contribution in [1.29, 1.82) is 0 Å². The van der Waals surface area contributed by atoms with Gasteiger partial charge in [-0.25, -0.2) is 0 Å². The Hall–Kier alpha value is -2.49. The van der Waals surface area contributed by atoms with Crippen LogP contribution < -0.4 is 15.3 Å². The van der Waals surface area contributed by atoms with Gasteiger partial charge in [0.1, 0.15) is 6.61 Å². The van der Waals surface area contributed by atoms with Crippen LogP contribution in [0, 0.1) is 6.92 Å². The van der Waals surface area contributed by atoms with Crippen LogP contribution in [0.15, 0.2) is 47.6 Å². The van der Waals surface area contributed by atoms with Gasteiger partial charge in [-0.1, -0.05) is 30.3 Å². The molecule has 0 atom stereocenters. The Morgan fingerprint density at radius 3 is 2.55 bits per heavy atom. The van der Waals surface area contributed by atoms with Crippen LogP contribution in [0.4, 0.5) is 0 Å². The molecular weight excluding hydrogens is 252 g/mol. The van der Waals surface area contributed by atoms with Crippen molar-refractivity contribution in [3.05, 3.63) is 59.2 Å². The quantitative estimate of drug-likeness (QED) is 0.516. The molecule has 4 nitrogen and oxygen atoms in total. The maximum atomic E-state index is 5.83. The highest BCUT2D eigenvalue weighted by Crippen LogP contribution is 2.30. The SMILES string of the molecule is COc1cc(C)c(C=NN)cc1OCc1ccccc1. The lowest BCUT2D eigenvalue weighted by atomic mass is 10.1. The van der Waals surface area contributed by atoms with Gasteiger partial charge in [-0.15, -0.1) is 0 Å². The van der Waals surface area contributed by atoms with Gasteiger partial charge >= 0.3 is 0 Å². The predicted octanol–water partition coefficient (Wildman–Crippen LogP) is 2.88. The summed E-state index contributed by atoms with van der Waals surface area (Å²) in [6, 6.07) is 13.8. The first kappa shape index (κ1) is 13.9. The number of nitrogens with zero attached hydrogens (tertiary/aromatic N) is 1. The van der Waals surface area contributed by atoms with Crippen LogP contribution in [0.3, 0.4) is 0 Å². The van der Waals surface area contributed by atoms with E-state index in [1.807, 2.05) is 49.4 Å². The van der Waals surface area contributed by atoms with Crippen LogP contribution in [0.5, 0.6) is 11.5 Å². The highest BCUT2D eigenvalue weighted by molar-refractivity contribution is 5.82. The molecular formula is C16H18N2O2. The van der Waals surface area contributed by atoms with Gasteiger partial charge in [-0.2, -0.15) is 5.10 Å². The minimum Gasteiger partial charge on any atom is -0.493 e. The molecule has 4 heteroatoms. The van der Waals surface area contributed by atoms with E-state index in [0.717, 1.165) is 16.7 Å². The van der Waals surface area contributed by atoms with Crippen LogP contribution >= 0.6 is 0 Å². The fraction of sp³-hybridized carbons (Fsp3) is 0.188. The zero-order valence-corrected chi connectivity index (χ0v) is 11.7. The molecule has 0 spiro atoms. The van der Waals surface area contributed by atoms with E-state index < -0.39 is 0 Å². The first-order valence-corrected chi connectivity index (χ1v) is 6.33. The van der Waals surface area contributed by atoms with E-state index in [9.17, 15) is 0 Å². The number of ether oxygens (including phenoxy) is 2. The maximum Gasteiger partial charge on any atom is 0.162 e. The lowest BCUT2D eigenvalue weighted by Crippen LogP contribution is -2.00. The van der Waals surface area contributed by atoms with Gasteiger partial charge in [0.25, 0.3) is 0 Å². The summed E-state index contributed by atoms with van der Waals surface area (Å²) in [5.41, 5.74) is 3.05. The molecule has 0 aliphatic carbocycles. The number of hydrogen-bond donors (Lipinski definition) is 1. The fourth-order valence-electron chi connectivity index (χ4n) is 1.90. The number of nitrogens with two attached hydrogens (primary N) is 1. The molecule has 104 valence electrons. The Balaban J connectivity index is 2.23. The second-order valence-corrected chi connectivity index (χ2v) is 4.41. The molecule has 0 unspecified atom stereocenters. The van der Waals surface area contributed by atoms with Gasteiger partial charge in [0, 0.05) is 5.56 Å². The second kappa shape index (κ2) is 6.61. The van der Waals surface area contributed by atoms with Crippen molar-refractivity contribution in [3.63, 3.8) is 0 Å². The van der Waals surface area contributed by atoms with Crippen molar-refractivity contribution in [2.24, 2.45) is 10.9 Å². The topological polar surface area (TPSA) is 56.8 Å². The molecule has 2 aromatic rings. The number of aryl methyl sites for hydroxylation is 1. The fourth-order valence-corrected chi connectivity index (χ4v) is 1.90. The molecule has 0 aromatic heterocycles. The van der Waals surface area contributed by atoms with E-state index >= 15 is 0 Å². The third kappa shape index (κ3) is 3.29. The maximum absolute atomic E-state index is 5.83.